The highest BCUT2D eigenvalue weighted by molar-refractivity contribution is 7.12. The summed E-state index contributed by atoms with van der Waals surface area (Å²) < 4.78 is 0. The maximum Gasteiger partial charge on any atom is 0.0416 e. The van der Waals surface area contributed by atoms with Crippen molar-refractivity contribution in [2.45, 2.75) is 77.0 Å². The molecule has 1 aromatic rings. The van der Waals surface area contributed by atoms with Gasteiger partial charge in [0.2, 0.25) is 0 Å². The fourth-order valence-corrected chi connectivity index (χ4v) is 5.04. The molecule has 2 fully saturated rings. The Morgan fingerprint density at radius 2 is 2.00 bits per heavy atom. The summed E-state index contributed by atoms with van der Waals surface area (Å²) >= 11 is 1.97. The van der Waals surface area contributed by atoms with Gasteiger partial charge in [-0.05, 0) is 64.6 Å². The van der Waals surface area contributed by atoms with Crippen LogP contribution >= 0.6 is 11.3 Å². The fraction of sp³-hybridized carbons (Fsp3) is 0.765. The van der Waals surface area contributed by atoms with Crippen LogP contribution in [0.25, 0.3) is 0 Å². The second-order valence-corrected chi connectivity index (χ2v) is 7.94. The van der Waals surface area contributed by atoms with Gasteiger partial charge < -0.3 is 5.32 Å². The lowest BCUT2D eigenvalue weighted by atomic mass is 9.96. The van der Waals surface area contributed by atoms with Gasteiger partial charge in [-0.2, -0.15) is 0 Å². The monoisotopic (exact) mass is 292 g/mol. The third-order valence-electron chi connectivity index (χ3n) is 5.07. The second-order valence-electron chi connectivity index (χ2n) is 6.63. The van der Waals surface area contributed by atoms with Crippen LogP contribution in [0, 0.1) is 6.92 Å². The Balaban J connectivity index is 1.74. The number of fused-ring (bicyclic) bond motifs is 2. The fourth-order valence-electron chi connectivity index (χ4n) is 4.09. The largest absolute Gasteiger partial charge is 0.311 e. The van der Waals surface area contributed by atoms with Crippen molar-refractivity contribution in [3.05, 3.63) is 21.9 Å². The Morgan fingerprint density at radius 3 is 2.55 bits per heavy atom. The molecule has 2 bridgehead atoms. The first-order valence-electron chi connectivity index (χ1n) is 8.25. The van der Waals surface area contributed by atoms with E-state index in [0.717, 1.165) is 18.1 Å². The van der Waals surface area contributed by atoms with E-state index in [-0.39, 0.29) is 0 Å². The predicted molar refractivity (Wildman–Crippen MR) is 87.4 cm³/mol. The first-order valence-corrected chi connectivity index (χ1v) is 9.07. The van der Waals surface area contributed by atoms with Crippen LogP contribution in [0.5, 0.6) is 0 Å². The van der Waals surface area contributed by atoms with E-state index in [0.29, 0.717) is 6.04 Å². The van der Waals surface area contributed by atoms with Gasteiger partial charge in [-0.15, -0.1) is 11.3 Å². The molecule has 3 rings (SSSR count). The van der Waals surface area contributed by atoms with E-state index >= 15 is 0 Å². The van der Waals surface area contributed by atoms with E-state index in [1.54, 1.807) is 4.88 Å². The van der Waals surface area contributed by atoms with Gasteiger partial charge in [0.25, 0.3) is 0 Å². The standard InChI is InChI=1S/C17H28N2S/c1-4-9-19(13(3)17-8-5-12(2)20-17)16-10-14-6-7-15(11-16)18-14/h5,8,13-16,18H,4,6-7,9-11H2,1-3H3. The molecule has 2 aliphatic heterocycles. The Hall–Kier alpha value is -0.380. The third-order valence-corrected chi connectivity index (χ3v) is 6.24. The summed E-state index contributed by atoms with van der Waals surface area (Å²) in [7, 11) is 0. The highest BCUT2D eigenvalue weighted by Gasteiger charge is 2.37. The van der Waals surface area contributed by atoms with Crippen molar-refractivity contribution in [1.29, 1.82) is 0 Å². The quantitative estimate of drug-likeness (QED) is 0.878. The number of hydrogen-bond donors (Lipinski definition) is 1. The maximum absolute atomic E-state index is 3.78. The Morgan fingerprint density at radius 1 is 1.30 bits per heavy atom. The first-order chi connectivity index (χ1) is 9.67. The number of nitrogens with zero attached hydrogens (tertiary/aromatic N) is 1. The highest BCUT2D eigenvalue weighted by Crippen LogP contribution is 2.35. The van der Waals surface area contributed by atoms with Crippen molar-refractivity contribution < 1.29 is 0 Å². The summed E-state index contributed by atoms with van der Waals surface area (Å²) in [5.74, 6) is 0. The average molecular weight is 292 g/mol. The maximum atomic E-state index is 3.78. The second kappa shape index (κ2) is 6.17. The molecule has 0 amide bonds. The smallest absolute Gasteiger partial charge is 0.0416 e. The molecule has 1 aromatic heterocycles. The van der Waals surface area contributed by atoms with Crippen LogP contribution < -0.4 is 5.32 Å². The molecule has 0 spiro atoms. The van der Waals surface area contributed by atoms with Gasteiger partial charge in [0.1, 0.15) is 0 Å². The predicted octanol–water partition coefficient (Wildman–Crippen LogP) is 4.11. The van der Waals surface area contributed by atoms with E-state index in [4.69, 9.17) is 0 Å². The number of aryl methyl sites for hydroxylation is 1. The minimum absolute atomic E-state index is 0.580. The Kier molecular flexibility index (Phi) is 4.49. The molecule has 0 aromatic carbocycles. The van der Waals surface area contributed by atoms with Crippen LogP contribution in [0.15, 0.2) is 12.1 Å². The first kappa shape index (κ1) is 14.6. The zero-order valence-electron chi connectivity index (χ0n) is 13.1. The molecule has 0 aliphatic carbocycles. The molecule has 2 nitrogen and oxygen atoms in total. The zero-order chi connectivity index (χ0) is 14.1. The topological polar surface area (TPSA) is 15.3 Å². The molecule has 1 N–H and O–H groups in total. The van der Waals surface area contributed by atoms with Crippen LogP contribution in [0.2, 0.25) is 0 Å². The number of hydrogen-bond acceptors (Lipinski definition) is 3. The number of nitrogens with one attached hydrogen (secondary N) is 1. The molecule has 3 heteroatoms. The molecule has 20 heavy (non-hydrogen) atoms. The van der Waals surface area contributed by atoms with Crippen LogP contribution in [-0.2, 0) is 0 Å². The van der Waals surface area contributed by atoms with E-state index < -0.39 is 0 Å². The molecule has 3 atom stereocenters. The summed E-state index contributed by atoms with van der Waals surface area (Å²) in [6, 6.07) is 7.54. The third kappa shape index (κ3) is 2.95. The van der Waals surface area contributed by atoms with E-state index in [1.807, 2.05) is 11.3 Å². The van der Waals surface area contributed by atoms with Crippen LogP contribution in [0.3, 0.4) is 0 Å². The van der Waals surface area contributed by atoms with Crippen molar-refractivity contribution in [2.24, 2.45) is 0 Å². The minimum Gasteiger partial charge on any atom is -0.311 e. The van der Waals surface area contributed by atoms with Crippen molar-refractivity contribution in [2.75, 3.05) is 6.54 Å². The average Bonchev–Trinajstić information content (AvgIpc) is 3.01. The summed E-state index contributed by atoms with van der Waals surface area (Å²) in [4.78, 5) is 5.77. The van der Waals surface area contributed by atoms with Gasteiger partial charge in [0, 0.05) is 33.9 Å². The SMILES string of the molecule is CCCN(C1CC2CCC(C1)N2)C(C)c1ccc(C)s1. The normalized spacial score (nSPS) is 30.9. The Bertz CT molecular complexity index is 430. The molecule has 112 valence electrons. The van der Waals surface area contributed by atoms with E-state index in [1.165, 1.54) is 43.5 Å². The van der Waals surface area contributed by atoms with E-state index in [9.17, 15) is 0 Å². The minimum atomic E-state index is 0.580. The van der Waals surface area contributed by atoms with E-state index in [2.05, 4.69) is 43.1 Å². The molecule has 3 heterocycles. The zero-order valence-corrected chi connectivity index (χ0v) is 13.9. The lowest BCUT2D eigenvalue weighted by Gasteiger charge is -2.41. The lowest BCUT2D eigenvalue weighted by Crippen LogP contribution is -2.49. The summed E-state index contributed by atoms with van der Waals surface area (Å²) in [6.45, 7) is 8.18. The van der Waals surface area contributed by atoms with Gasteiger partial charge >= 0.3 is 0 Å². The summed E-state index contributed by atoms with van der Waals surface area (Å²) in [5, 5.41) is 3.78. The molecule has 2 saturated heterocycles. The van der Waals surface area contributed by atoms with Crippen LogP contribution in [0.4, 0.5) is 0 Å². The van der Waals surface area contributed by atoms with Gasteiger partial charge in [0.15, 0.2) is 0 Å². The summed E-state index contributed by atoms with van der Waals surface area (Å²) in [6.07, 6.45) is 6.76. The van der Waals surface area contributed by atoms with Crippen molar-refractivity contribution in [3.8, 4) is 0 Å². The van der Waals surface area contributed by atoms with Crippen molar-refractivity contribution in [3.63, 3.8) is 0 Å². The van der Waals surface area contributed by atoms with Gasteiger partial charge in [-0.25, -0.2) is 0 Å². The molecular weight excluding hydrogens is 264 g/mol. The highest BCUT2D eigenvalue weighted by atomic mass is 32.1. The molecule has 3 unspecified atom stereocenters. The lowest BCUT2D eigenvalue weighted by molar-refractivity contribution is 0.103. The molecule has 0 radical (unpaired) electrons. The van der Waals surface area contributed by atoms with Crippen molar-refractivity contribution in [1.82, 2.24) is 10.2 Å². The van der Waals surface area contributed by atoms with Crippen molar-refractivity contribution >= 4 is 11.3 Å². The molecule has 2 aliphatic rings. The molecule has 0 saturated carbocycles. The molecular formula is C17H28N2S. The van der Waals surface area contributed by atoms with Gasteiger partial charge in [-0.3, -0.25) is 4.90 Å². The Labute approximate surface area is 127 Å². The summed E-state index contributed by atoms with van der Waals surface area (Å²) in [5.41, 5.74) is 0. The van der Waals surface area contributed by atoms with Gasteiger partial charge in [0.05, 0.1) is 0 Å². The number of thiophene rings is 1. The van der Waals surface area contributed by atoms with Crippen LogP contribution in [0.1, 0.15) is 61.7 Å². The number of rotatable bonds is 5. The van der Waals surface area contributed by atoms with Gasteiger partial charge in [-0.1, -0.05) is 6.92 Å². The number of piperidine rings is 1. The van der Waals surface area contributed by atoms with Crippen LogP contribution in [-0.4, -0.2) is 29.6 Å².